The van der Waals surface area contributed by atoms with E-state index >= 15 is 0 Å². The number of H-pyrrole nitrogens is 1. The predicted molar refractivity (Wildman–Crippen MR) is 108 cm³/mol. The van der Waals surface area contributed by atoms with Crippen LogP contribution in [0.25, 0.3) is 11.0 Å². The van der Waals surface area contributed by atoms with Gasteiger partial charge in [-0.15, -0.1) is 0 Å². The van der Waals surface area contributed by atoms with Crippen LogP contribution in [0.5, 0.6) is 5.75 Å². The molecule has 13 heteroatoms. The number of alkyl halides is 3. The van der Waals surface area contributed by atoms with Crippen molar-refractivity contribution >= 4 is 16.9 Å². The van der Waals surface area contributed by atoms with Gasteiger partial charge in [0.15, 0.2) is 28.7 Å². The number of primary amides is 1. The molecule has 7 nitrogen and oxygen atoms in total. The van der Waals surface area contributed by atoms with Gasteiger partial charge in [0.25, 0.3) is 5.91 Å². The fourth-order valence-corrected chi connectivity index (χ4v) is 3.76. The number of imidazole rings is 1. The summed E-state index contributed by atoms with van der Waals surface area (Å²) in [4.78, 5) is 20.6. The van der Waals surface area contributed by atoms with Crippen molar-refractivity contribution in [2.45, 2.75) is 31.5 Å². The Morgan fingerprint density at radius 1 is 1.24 bits per heavy atom. The van der Waals surface area contributed by atoms with Crippen LogP contribution in [-0.4, -0.2) is 46.4 Å². The SMILES string of the molecule is COc1c(C2CO[C@@](C)(C(F)(F)F)C2C)ccc(F)c1F.NC(=O)c1ncc(F)c2nc[nH]c12. The molecule has 1 aliphatic rings. The third-order valence-corrected chi connectivity index (χ3v) is 5.92. The van der Waals surface area contributed by atoms with Gasteiger partial charge in [-0.25, -0.2) is 18.7 Å². The summed E-state index contributed by atoms with van der Waals surface area (Å²) in [6.45, 7) is 2.11. The van der Waals surface area contributed by atoms with Gasteiger partial charge >= 0.3 is 6.18 Å². The maximum Gasteiger partial charge on any atom is 0.417 e. The van der Waals surface area contributed by atoms with Gasteiger partial charge in [0.05, 0.1) is 26.2 Å². The van der Waals surface area contributed by atoms with E-state index < -0.39 is 47.0 Å². The first-order valence-electron chi connectivity index (χ1n) is 9.83. The van der Waals surface area contributed by atoms with Crippen LogP contribution in [-0.2, 0) is 4.74 Å². The predicted octanol–water partition coefficient (Wildman–Crippen LogP) is 4.24. The molecule has 0 spiro atoms. The van der Waals surface area contributed by atoms with E-state index in [2.05, 4.69) is 15.0 Å². The number of aromatic amines is 1. The average Bonchev–Trinajstić information content (AvgIpc) is 3.37. The Balaban J connectivity index is 0.000000212. The summed E-state index contributed by atoms with van der Waals surface area (Å²) >= 11 is 0. The molecule has 3 N–H and O–H groups in total. The van der Waals surface area contributed by atoms with Crippen molar-refractivity contribution in [3.8, 4) is 5.75 Å². The Hall–Kier alpha value is -3.35. The number of pyridine rings is 1. The molecule has 0 saturated carbocycles. The van der Waals surface area contributed by atoms with Crippen molar-refractivity contribution in [1.29, 1.82) is 0 Å². The number of nitrogens with one attached hydrogen (secondary N) is 1. The number of ether oxygens (including phenoxy) is 2. The Kier molecular flexibility index (Phi) is 6.78. The summed E-state index contributed by atoms with van der Waals surface area (Å²) in [5.41, 5.74) is 3.17. The molecule has 0 radical (unpaired) electrons. The Labute approximate surface area is 189 Å². The Bertz CT molecular complexity index is 1220. The normalized spacial score (nSPS) is 22.4. The van der Waals surface area contributed by atoms with Crippen LogP contribution in [0.2, 0.25) is 0 Å². The van der Waals surface area contributed by atoms with Gasteiger partial charge in [0.2, 0.25) is 5.82 Å². The average molecular weight is 490 g/mol. The molecule has 1 amide bonds. The van der Waals surface area contributed by atoms with Crippen LogP contribution in [0, 0.1) is 23.4 Å². The van der Waals surface area contributed by atoms with E-state index in [0.29, 0.717) is 0 Å². The van der Waals surface area contributed by atoms with Gasteiger partial charge in [0.1, 0.15) is 11.0 Å². The highest BCUT2D eigenvalue weighted by Gasteiger charge is 2.61. The molecule has 1 aromatic carbocycles. The summed E-state index contributed by atoms with van der Waals surface area (Å²) in [7, 11) is 1.14. The fourth-order valence-electron chi connectivity index (χ4n) is 3.76. The molecular weight excluding hydrogens is 470 g/mol. The number of nitrogens with zero attached hydrogens (tertiary/aromatic N) is 2. The van der Waals surface area contributed by atoms with Crippen molar-refractivity contribution in [2.24, 2.45) is 11.7 Å². The molecule has 2 unspecified atom stereocenters. The minimum Gasteiger partial charge on any atom is -0.493 e. The first-order valence-corrected chi connectivity index (χ1v) is 9.83. The monoisotopic (exact) mass is 490 g/mol. The van der Waals surface area contributed by atoms with E-state index in [1.807, 2.05) is 0 Å². The number of nitrogens with two attached hydrogens (primary N) is 1. The molecule has 34 heavy (non-hydrogen) atoms. The van der Waals surface area contributed by atoms with Crippen molar-refractivity contribution in [1.82, 2.24) is 15.0 Å². The molecule has 4 rings (SSSR count). The van der Waals surface area contributed by atoms with E-state index in [-0.39, 0.29) is 34.6 Å². The fraction of sp³-hybridized carbons (Fsp3) is 0.381. The zero-order valence-corrected chi connectivity index (χ0v) is 18.1. The Morgan fingerprint density at radius 2 is 1.91 bits per heavy atom. The van der Waals surface area contributed by atoms with E-state index in [9.17, 15) is 31.1 Å². The van der Waals surface area contributed by atoms with Crippen LogP contribution >= 0.6 is 0 Å². The molecule has 3 aromatic rings. The highest BCUT2D eigenvalue weighted by molar-refractivity contribution is 6.01. The topological polar surface area (TPSA) is 103 Å². The van der Waals surface area contributed by atoms with Gasteiger partial charge in [0, 0.05) is 17.4 Å². The number of methoxy groups -OCH3 is 1. The quantitative estimate of drug-likeness (QED) is 0.535. The molecule has 1 saturated heterocycles. The lowest BCUT2D eigenvalue weighted by atomic mass is 9.79. The standard InChI is InChI=1S/C14H15F5O2.C7H5FN4O/c1-7-9(6-21-13(7,2)14(17,18)19)8-4-5-10(15)11(16)12(8)20-3;8-3-1-10-6(7(9)13)5-4(3)11-2-12-5/h4-5,7,9H,6H2,1-3H3;1-2H,(H2,9,13)(H,11,12)/t7?,9?,13-;/m1./s1. The van der Waals surface area contributed by atoms with E-state index in [1.165, 1.54) is 19.3 Å². The Morgan fingerprint density at radius 3 is 2.47 bits per heavy atom. The van der Waals surface area contributed by atoms with Gasteiger partial charge in [-0.05, 0) is 13.0 Å². The zero-order chi connectivity index (χ0) is 25.4. The lowest BCUT2D eigenvalue weighted by Gasteiger charge is -2.32. The molecule has 2 aromatic heterocycles. The van der Waals surface area contributed by atoms with E-state index in [0.717, 1.165) is 26.3 Å². The number of fused-ring (bicyclic) bond motifs is 1. The minimum absolute atomic E-state index is 0.00565. The molecule has 3 atom stereocenters. The second kappa shape index (κ2) is 9.12. The lowest BCUT2D eigenvalue weighted by Crippen LogP contribution is -2.46. The van der Waals surface area contributed by atoms with Gasteiger partial charge in [-0.2, -0.15) is 17.6 Å². The number of hydrogen-bond donors (Lipinski definition) is 2. The molecule has 0 aliphatic carbocycles. The molecule has 1 fully saturated rings. The van der Waals surface area contributed by atoms with Crippen molar-refractivity contribution < 1.29 is 40.6 Å². The summed E-state index contributed by atoms with van der Waals surface area (Å²) in [6.07, 6.45) is -2.35. The van der Waals surface area contributed by atoms with E-state index in [1.54, 1.807) is 0 Å². The van der Waals surface area contributed by atoms with Crippen molar-refractivity contribution in [3.63, 3.8) is 0 Å². The second-order valence-electron chi connectivity index (χ2n) is 7.74. The van der Waals surface area contributed by atoms with Crippen molar-refractivity contribution in [2.75, 3.05) is 13.7 Å². The van der Waals surface area contributed by atoms with E-state index in [4.69, 9.17) is 15.2 Å². The highest BCUT2D eigenvalue weighted by atomic mass is 19.4. The largest absolute Gasteiger partial charge is 0.493 e. The number of amides is 1. The summed E-state index contributed by atoms with van der Waals surface area (Å²) in [6, 6.07) is 2.12. The lowest BCUT2D eigenvalue weighted by molar-refractivity contribution is -0.266. The molecule has 3 heterocycles. The number of benzene rings is 1. The highest BCUT2D eigenvalue weighted by Crippen LogP contribution is 2.51. The van der Waals surface area contributed by atoms with Crippen LogP contribution < -0.4 is 10.5 Å². The molecule has 0 bridgehead atoms. The number of carbonyl (C=O) groups excluding carboxylic acids is 1. The van der Waals surface area contributed by atoms with Crippen LogP contribution in [0.4, 0.5) is 26.3 Å². The van der Waals surface area contributed by atoms with Gasteiger partial charge in [-0.3, -0.25) is 4.79 Å². The number of carbonyl (C=O) groups is 1. The smallest absolute Gasteiger partial charge is 0.417 e. The summed E-state index contributed by atoms with van der Waals surface area (Å²) < 4.78 is 89.0. The second-order valence-corrected chi connectivity index (χ2v) is 7.74. The zero-order valence-electron chi connectivity index (χ0n) is 18.1. The summed E-state index contributed by atoms with van der Waals surface area (Å²) in [5, 5.41) is 0. The number of hydrogen-bond acceptors (Lipinski definition) is 5. The molecular formula is C21H20F6N4O3. The van der Waals surface area contributed by atoms with Crippen molar-refractivity contribution in [3.05, 3.63) is 53.4 Å². The number of rotatable bonds is 3. The van der Waals surface area contributed by atoms with Gasteiger partial charge in [-0.1, -0.05) is 13.0 Å². The van der Waals surface area contributed by atoms with Crippen LogP contribution in [0.1, 0.15) is 35.8 Å². The van der Waals surface area contributed by atoms with Crippen LogP contribution in [0.3, 0.4) is 0 Å². The molecule has 1 aliphatic heterocycles. The number of aromatic nitrogens is 3. The number of halogens is 6. The van der Waals surface area contributed by atoms with Gasteiger partial charge < -0.3 is 20.2 Å². The minimum atomic E-state index is -4.55. The maximum atomic E-state index is 13.7. The third-order valence-electron chi connectivity index (χ3n) is 5.92. The van der Waals surface area contributed by atoms with Crippen LogP contribution in [0.15, 0.2) is 24.7 Å². The first kappa shape index (κ1) is 25.3. The maximum absolute atomic E-state index is 13.7. The third kappa shape index (κ3) is 4.27. The first-order chi connectivity index (χ1) is 15.8. The molecule has 184 valence electrons. The summed E-state index contributed by atoms with van der Waals surface area (Å²) in [5.74, 6) is -5.68.